The zero-order chi connectivity index (χ0) is 16.8. The fourth-order valence-electron chi connectivity index (χ4n) is 2.26. The molecule has 25 heavy (non-hydrogen) atoms. The first-order valence-electron chi connectivity index (χ1n) is 7.75. The molecular formula is C18H21IN4S2. The molecule has 3 rings (SSSR count). The molecule has 0 amide bonds. The zero-order valence-electron chi connectivity index (χ0n) is 14.2. The molecule has 0 fully saturated rings. The first kappa shape index (κ1) is 19.9. The predicted octanol–water partition coefficient (Wildman–Crippen LogP) is 4.66. The molecule has 0 aliphatic carbocycles. The van der Waals surface area contributed by atoms with Crippen molar-refractivity contribution in [2.24, 2.45) is 4.99 Å². The lowest BCUT2D eigenvalue weighted by Gasteiger charge is -2.10. The number of aromatic nitrogens is 1. The van der Waals surface area contributed by atoms with Crippen molar-refractivity contribution in [2.75, 3.05) is 7.05 Å². The molecule has 2 N–H and O–H groups in total. The number of halogens is 1. The summed E-state index contributed by atoms with van der Waals surface area (Å²) < 4.78 is 0. The largest absolute Gasteiger partial charge is 0.352 e. The van der Waals surface area contributed by atoms with E-state index in [4.69, 9.17) is 4.98 Å². The van der Waals surface area contributed by atoms with E-state index < -0.39 is 0 Å². The maximum absolute atomic E-state index is 4.69. The molecule has 0 unspecified atom stereocenters. The minimum absolute atomic E-state index is 0. The van der Waals surface area contributed by atoms with E-state index in [2.05, 4.69) is 52.2 Å². The van der Waals surface area contributed by atoms with Crippen LogP contribution in [0.5, 0.6) is 0 Å². The zero-order valence-corrected chi connectivity index (χ0v) is 18.1. The Morgan fingerprint density at radius 1 is 1.08 bits per heavy atom. The molecule has 3 aromatic rings. The molecule has 0 aliphatic heterocycles. The van der Waals surface area contributed by atoms with Crippen LogP contribution in [0, 0.1) is 6.92 Å². The fourth-order valence-corrected chi connectivity index (χ4v) is 3.92. The Hall–Kier alpha value is -1.45. The quantitative estimate of drug-likeness (QED) is 0.315. The molecule has 0 saturated carbocycles. The lowest BCUT2D eigenvalue weighted by Crippen LogP contribution is -2.36. The number of thiazole rings is 1. The summed E-state index contributed by atoms with van der Waals surface area (Å²) in [4.78, 5) is 11.5. The Balaban J connectivity index is 0.00000225. The summed E-state index contributed by atoms with van der Waals surface area (Å²) in [5, 5.41) is 9.85. The average molecular weight is 484 g/mol. The number of guanidine groups is 1. The van der Waals surface area contributed by atoms with Gasteiger partial charge in [0.15, 0.2) is 5.96 Å². The van der Waals surface area contributed by atoms with Crippen LogP contribution in [-0.2, 0) is 13.1 Å². The number of hydrogen-bond acceptors (Lipinski definition) is 4. The Kier molecular flexibility index (Phi) is 7.86. The molecule has 0 bridgehead atoms. The maximum Gasteiger partial charge on any atom is 0.191 e. The first-order valence-corrected chi connectivity index (χ1v) is 9.44. The van der Waals surface area contributed by atoms with Gasteiger partial charge in [0.05, 0.1) is 18.8 Å². The van der Waals surface area contributed by atoms with Crippen LogP contribution in [0.3, 0.4) is 0 Å². The van der Waals surface area contributed by atoms with Crippen LogP contribution in [-0.4, -0.2) is 18.0 Å². The SMILES string of the molecule is CN=C(NCc1cccs1)NCc1sc(-c2ccccc2)nc1C.I. The number of aryl methyl sites for hydroxylation is 1. The summed E-state index contributed by atoms with van der Waals surface area (Å²) in [7, 11) is 1.79. The monoisotopic (exact) mass is 484 g/mol. The number of rotatable bonds is 5. The summed E-state index contributed by atoms with van der Waals surface area (Å²) in [5.74, 6) is 0.803. The first-order chi connectivity index (χ1) is 11.8. The lowest BCUT2D eigenvalue weighted by molar-refractivity contribution is 0.818. The van der Waals surface area contributed by atoms with Crippen LogP contribution >= 0.6 is 46.7 Å². The highest BCUT2D eigenvalue weighted by atomic mass is 127. The Labute approximate surface area is 173 Å². The van der Waals surface area contributed by atoms with Gasteiger partial charge in [-0.05, 0) is 18.4 Å². The van der Waals surface area contributed by atoms with Gasteiger partial charge in [-0.15, -0.1) is 46.7 Å². The summed E-state index contributed by atoms with van der Waals surface area (Å²) in [5.41, 5.74) is 2.23. The molecule has 2 aromatic heterocycles. The third-order valence-corrected chi connectivity index (χ3v) is 5.65. The number of nitrogens with zero attached hydrogens (tertiary/aromatic N) is 2. The summed E-state index contributed by atoms with van der Waals surface area (Å²) in [6, 6.07) is 14.5. The highest BCUT2D eigenvalue weighted by molar-refractivity contribution is 14.0. The number of aliphatic imine (C=N–C) groups is 1. The number of benzene rings is 1. The van der Waals surface area contributed by atoms with Crippen LogP contribution in [0.1, 0.15) is 15.4 Å². The highest BCUT2D eigenvalue weighted by Gasteiger charge is 2.09. The summed E-state index contributed by atoms with van der Waals surface area (Å²) >= 11 is 3.47. The summed E-state index contributed by atoms with van der Waals surface area (Å²) in [6.07, 6.45) is 0. The van der Waals surface area contributed by atoms with E-state index in [1.165, 1.54) is 9.75 Å². The standard InChI is InChI=1S/C18H20N4S2.HI/c1-13-16(24-17(22-13)14-7-4-3-5-8-14)12-21-18(19-2)20-11-15-9-6-10-23-15;/h3-10H,11-12H2,1-2H3,(H2,19,20,21);1H. The summed E-state index contributed by atoms with van der Waals surface area (Å²) in [6.45, 7) is 3.57. The van der Waals surface area contributed by atoms with E-state index >= 15 is 0 Å². The van der Waals surface area contributed by atoms with Gasteiger partial charge in [0, 0.05) is 22.4 Å². The van der Waals surface area contributed by atoms with Crippen molar-refractivity contribution >= 4 is 52.6 Å². The molecule has 132 valence electrons. The highest BCUT2D eigenvalue weighted by Crippen LogP contribution is 2.27. The van der Waals surface area contributed by atoms with Crippen molar-refractivity contribution < 1.29 is 0 Å². The van der Waals surface area contributed by atoms with Crippen molar-refractivity contribution in [1.29, 1.82) is 0 Å². The number of hydrogen-bond donors (Lipinski definition) is 2. The Bertz CT molecular complexity index is 798. The number of nitrogens with one attached hydrogen (secondary N) is 2. The minimum atomic E-state index is 0. The minimum Gasteiger partial charge on any atom is -0.352 e. The molecule has 0 saturated heterocycles. The predicted molar refractivity (Wildman–Crippen MR) is 119 cm³/mol. The van der Waals surface area contributed by atoms with E-state index in [9.17, 15) is 0 Å². The normalized spacial score (nSPS) is 11.0. The van der Waals surface area contributed by atoms with Crippen LogP contribution in [0.15, 0.2) is 52.8 Å². The second-order valence-electron chi connectivity index (χ2n) is 5.25. The van der Waals surface area contributed by atoms with Crippen molar-refractivity contribution in [1.82, 2.24) is 15.6 Å². The molecule has 7 heteroatoms. The molecular weight excluding hydrogens is 463 g/mol. The molecule has 2 heterocycles. The van der Waals surface area contributed by atoms with Crippen molar-refractivity contribution in [3.8, 4) is 10.6 Å². The Morgan fingerprint density at radius 2 is 1.84 bits per heavy atom. The van der Waals surface area contributed by atoms with Crippen molar-refractivity contribution in [3.05, 3.63) is 63.3 Å². The van der Waals surface area contributed by atoms with Crippen LogP contribution < -0.4 is 10.6 Å². The lowest BCUT2D eigenvalue weighted by atomic mass is 10.2. The number of thiophene rings is 1. The van der Waals surface area contributed by atoms with Crippen molar-refractivity contribution in [3.63, 3.8) is 0 Å². The van der Waals surface area contributed by atoms with Crippen LogP contribution in [0.2, 0.25) is 0 Å². The van der Waals surface area contributed by atoms with Gasteiger partial charge < -0.3 is 10.6 Å². The molecule has 4 nitrogen and oxygen atoms in total. The van der Waals surface area contributed by atoms with Crippen LogP contribution in [0.25, 0.3) is 10.6 Å². The second kappa shape index (κ2) is 9.88. The van der Waals surface area contributed by atoms with Crippen LogP contribution in [0.4, 0.5) is 0 Å². The van der Waals surface area contributed by atoms with Gasteiger partial charge in [-0.25, -0.2) is 4.98 Å². The van der Waals surface area contributed by atoms with E-state index in [0.29, 0.717) is 0 Å². The smallest absolute Gasteiger partial charge is 0.191 e. The third-order valence-electron chi connectivity index (χ3n) is 3.56. The molecule has 0 spiro atoms. The maximum atomic E-state index is 4.69. The van der Waals surface area contributed by atoms with E-state index in [-0.39, 0.29) is 24.0 Å². The van der Waals surface area contributed by atoms with Gasteiger partial charge in [0.2, 0.25) is 0 Å². The van der Waals surface area contributed by atoms with Gasteiger partial charge in [0.25, 0.3) is 0 Å². The molecule has 1 aromatic carbocycles. The second-order valence-corrected chi connectivity index (χ2v) is 7.37. The topological polar surface area (TPSA) is 49.3 Å². The fraction of sp³-hybridized carbons (Fsp3) is 0.222. The van der Waals surface area contributed by atoms with Gasteiger partial charge in [0.1, 0.15) is 5.01 Å². The van der Waals surface area contributed by atoms with Gasteiger partial charge in [-0.3, -0.25) is 4.99 Å². The average Bonchev–Trinajstić information content (AvgIpc) is 3.26. The van der Waals surface area contributed by atoms with Gasteiger partial charge in [-0.1, -0.05) is 36.4 Å². The van der Waals surface area contributed by atoms with E-state index in [1.54, 1.807) is 29.7 Å². The molecule has 0 aliphatic rings. The van der Waals surface area contributed by atoms with Gasteiger partial charge >= 0.3 is 0 Å². The molecule has 0 atom stereocenters. The third kappa shape index (κ3) is 5.52. The van der Waals surface area contributed by atoms with E-state index in [0.717, 1.165) is 35.3 Å². The van der Waals surface area contributed by atoms with Crippen molar-refractivity contribution in [2.45, 2.75) is 20.0 Å². The molecule has 0 radical (unpaired) electrons. The van der Waals surface area contributed by atoms with E-state index in [1.807, 2.05) is 18.2 Å². The van der Waals surface area contributed by atoms with Gasteiger partial charge in [-0.2, -0.15) is 0 Å². The Morgan fingerprint density at radius 3 is 2.52 bits per heavy atom.